The van der Waals surface area contributed by atoms with Crippen LogP contribution in [0.5, 0.6) is 17.2 Å². The van der Waals surface area contributed by atoms with E-state index in [2.05, 4.69) is 10.1 Å². The molecule has 29 heavy (non-hydrogen) atoms. The highest BCUT2D eigenvalue weighted by Crippen LogP contribution is 2.43. The van der Waals surface area contributed by atoms with Crippen molar-refractivity contribution in [3.05, 3.63) is 41.3 Å². The Morgan fingerprint density at radius 1 is 1.21 bits per heavy atom. The molecule has 1 aliphatic heterocycles. The Hall–Kier alpha value is -2.85. The van der Waals surface area contributed by atoms with E-state index in [1.54, 1.807) is 18.2 Å². The molecule has 1 aromatic heterocycles. The van der Waals surface area contributed by atoms with Gasteiger partial charge in [-0.25, -0.2) is 4.79 Å². The van der Waals surface area contributed by atoms with Crippen LogP contribution in [0.15, 0.2) is 28.7 Å². The molecule has 0 bridgehead atoms. The molecule has 1 fully saturated rings. The maximum Gasteiger partial charge on any atom is 0.373 e. The molecule has 0 unspecified atom stereocenters. The molecule has 0 radical (unpaired) electrons. The van der Waals surface area contributed by atoms with Crippen LogP contribution in [0.25, 0.3) is 0 Å². The lowest BCUT2D eigenvalue weighted by atomic mass is 10.1. The second-order valence-electron chi connectivity index (χ2n) is 6.07. The van der Waals surface area contributed by atoms with E-state index in [-0.39, 0.29) is 17.7 Å². The zero-order valence-corrected chi connectivity index (χ0v) is 16.9. The number of thioether (sulfide) groups is 1. The number of benzene rings is 1. The summed E-state index contributed by atoms with van der Waals surface area (Å²) < 4.78 is 26.7. The Morgan fingerprint density at radius 3 is 2.45 bits per heavy atom. The van der Waals surface area contributed by atoms with Crippen LogP contribution in [0, 0.1) is 0 Å². The first-order valence-electron chi connectivity index (χ1n) is 8.63. The van der Waals surface area contributed by atoms with Crippen molar-refractivity contribution in [3.63, 3.8) is 0 Å². The molecule has 0 spiro atoms. The molecular formula is C19H21NO8S. The van der Waals surface area contributed by atoms with Gasteiger partial charge in [-0.2, -0.15) is 0 Å². The molecular weight excluding hydrogens is 402 g/mol. The van der Waals surface area contributed by atoms with Crippen LogP contribution in [0.2, 0.25) is 0 Å². The number of aliphatic carboxylic acids is 1. The summed E-state index contributed by atoms with van der Waals surface area (Å²) in [5.74, 6) is 0.742. The van der Waals surface area contributed by atoms with Gasteiger partial charge in [0.25, 0.3) is 0 Å². The van der Waals surface area contributed by atoms with Crippen molar-refractivity contribution < 1.29 is 38.1 Å². The van der Waals surface area contributed by atoms with Crippen molar-refractivity contribution in [1.82, 2.24) is 5.32 Å². The third-order valence-corrected chi connectivity index (χ3v) is 5.54. The summed E-state index contributed by atoms with van der Waals surface area (Å²) in [5, 5.41) is 12.0. The minimum Gasteiger partial charge on any atom is -0.493 e. The van der Waals surface area contributed by atoms with E-state index in [1.807, 2.05) is 0 Å². The van der Waals surface area contributed by atoms with E-state index in [1.165, 1.54) is 39.2 Å². The lowest BCUT2D eigenvalue weighted by Gasteiger charge is -2.18. The van der Waals surface area contributed by atoms with Gasteiger partial charge in [-0.05, 0) is 29.8 Å². The average molecular weight is 423 g/mol. The first kappa shape index (κ1) is 20.9. The Bertz CT molecular complexity index is 871. The molecule has 2 atom stereocenters. The number of ether oxygens (including phenoxy) is 4. The number of esters is 1. The molecule has 3 rings (SSSR count). The summed E-state index contributed by atoms with van der Waals surface area (Å²) in [6, 6.07) is 6.05. The molecule has 10 heteroatoms. The molecule has 1 aromatic carbocycles. The van der Waals surface area contributed by atoms with Crippen molar-refractivity contribution in [2.24, 2.45) is 0 Å². The van der Waals surface area contributed by atoms with Crippen molar-refractivity contribution in [1.29, 1.82) is 0 Å². The summed E-state index contributed by atoms with van der Waals surface area (Å²) in [7, 11) is 4.28. The standard InChI is InChI=1S/C19H21NO8S/c1-24-14-6-10(17-20-12(9-29-17)18(21)22)7-15(25-2)16(14)27-8-11-4-5-13(28-11)19(23)26-3/h4-7,12,17,20H,8-9H2,1-3H3,(H,21,22)/t12-,17-/m1/s1. The Morgan fingerprint density at radius 2 is 1.90 bits per heavy atom. The van der Waals surface area contributed by atoms with E-state index in [0.717, 1.165) is 5.56 Å². The molecule has 2 N–H and O–H groups in total. The Kier molecular flexibility index (Phi) is 6.55. The van der Waals surface area contributed by atoms with Crippen LogP contribution in [-0.4, -0.2) is 50.2 Å². The molecule has 0 amide bonds. The lowest BCUT2D eigenvalue weighted by Crippen LogP contribution is -2.33. The van der Waals surface area contributed by atoms with E-state index in [0.29, 0.717) is 28.8 Å². The first-order chi connectivity index (χ1) is 14.0. The number of hydrogen-bond donors (Lipinski definition) is 2. The van der Waals surface area contributed by atoms with E-state index >= 15 is 0 Å². The van der Waals surface area contributed by atoms with E-state index in [9.17, 15) is 14.7 Å². The fraction of sp³-hybridized carbons (Fsp3) is 0.368. The minimum atomic E-state index is -0.886. The van der Waals surface area contributed by atoms with Gasteiger partial charge in [0.05, 0.1) is 26.7 Å². The van der Waals surface area contributed by atoms with Gasteiger partial charge in [-0.3, -0.25) is 10.1 Å². The molecule has 2 aromatic rings. The van der Waals surface area contributed by atoms with Crippen molar-refractivity contribution in [2.45, 2.75) is 18.0 Å². The number of rotatable bonds is 8. The summed E-state index contributed by atoms with van der Waals surface area (Å²) in [6.07, 6.45) is 0. The second-order valence-corrected chi connectivity index (χ2v) is 7.21. The molecule has 0 saturated carbocycles. The number of hydrogen-bond acceptors (Lipinski definition) is 9. The number of methoxy groups -OCH3 is 3. The number of carbonyl (C=O) groups is 2. The van der Waals surface area contributed by atoms with Gasteiger partial charge >= 0.3 is 11.9 Å². The summed E-state index contributed by atoms with van der Waals surface area (Å²) in [4.78, 5) is 22.7. The highest BCUT2D eigenvalue weighted by Gasteiger charge is 2.31. The maximum atomic E-state index is 11.5. The SMILES string of the molecule is COC(=O)c1ccc(COc2c(OC)cc([C@@H]3N[C@@H](C(=O)O)CS3)cc2OC)o1. The van der Waals surface area contributed by atoms with E-state index in [4.69, 9.17) is 18.6 Å². The maximum absolute atomic E-state index is 11.5. The van der Waals surface area contributed by atoms with Gasteiger partial charge in [0.2, 0.25) is 11.5 Å². The van der Waals surface area contributed by atoms with Gasteiger partial charge < -0.3 is 28.5 Å². The Labute approximate surface area is 171 Å². The number of carboxylic acids is 1. The zero-order chi connectivity index (χ0) is 21.0. The van der Waals surface area contributed by atoms with Crippen LogP contribution in [0.1, 0.15) is 27.3 Å². The lowest BCUT2D eigenvalue weighted by molar-refractivity contribution is -0.138. The summed E-state index contributed by atoms with van der Waals surface area (Å²) >= 11 is 1.49. The number of nitrogens with one attached hydrogen (secondary N) is 1. The smallest absolute Gasteiger partial charge is 0.373 e. The third kappa shape index (κ3) is 4.60. The second kappa shape index (κ2) is 9.10. The topological polar surface area (TPSA) is 116 Å². The Balaban J connectivity index is 1.79. The molecule has 1 aliphatic rings. The van der Waals surface area contributed by atoms with Gasteiger partial charge in [0.15, 0.2) is 11.5 Å². The van der Waals surface area contributed by atoms with Crippen LogP contribution in [-0.2, 0) is 16.1 Å². The number of furan rings is 1. The number of carbonyl (C=O) groups excluding carboxylic acids is 1. The average Bonchev–Trinajstić information content (AvgIpc) is 3.41. The van der Waals surface area contributed by atoms with Gasteiger partial charge in [-0.15, -0.1) is 11.8 Å². The summed E-state index contributed by atoms with van der Waals surface area (Å²) in [5.41, 5.74) is 0.811. The van der Waals surface area contributed by atoms with Gasteiger partial charge in [0.1, 0.15) is 18.4 Å². The fourth-order valence-electron chi connectivity index (χ4n) is 2.81. The summed E-state index contributed by atoms with van der Waals surface area (Å²) in [6.45, 7) is 0.0422. The van der Waals surface area contributed by atoms with Crippen molar-refractivity contribution >= 4 is 23.7 Å². The number of carboxylic acid groups (broad SMARTS) is 1. The van der Waals surface area contributed by atoms with E-state index < -0.39 is 18.0 Å². The zero-order valence-electron chi connectivity index (χ0n) is 16.1. The molecule has 0 aliphatic carbocycles. The molecule has 9 nitrogen and oxygen atoms in total. The van der Waals surface area contributed by atoms with Crippen LogP contribution in [0.3, 0.4) is 0 Å². The predicted octanol–water partition coefficient (Wildman–Crippen LogP) is 2.45. The minimum absolute atomic E-state index is 0.0422. The van der Waals surface area contributed by atoms with Gasteiger partial charge in [-0.1, -0.05) is 0 Å². The largest absolute Gasteiger partial charge is 0.493 e. The van der Waals surface area contributed by atoms with Crippen molar-refractivity contribution in [3.8, 4) is 17.2 Å². The third-order valence-electron chi connectivity index (χ3n) is 4.27. The monoisotopic (exact) mass is 423 g/mol. The fourth-order valence-corrected chi connectivity index (χ4v) is 4.02. The molecule has 2 heterocycles. The molecule has 1 saturated heterocycles. The first-order valence-corrected chi connectivity index (χ1v) is 9.68. The quantitative estimate of drug-likeness (QED) is 0.613. The van der Waals surface area contributed by atoms with Crippen molar-refractivity contribution in [2.75, 3.05) is 27.1 Å². The van der Waals surface area contributed by atoms with Crippen LogP contribution >= 0.6 is 11.8 Å². The van der Waals surface area contributed by atoms with Gasteiger partial charge in [0, 0.05) is 5.75 Å². The van der Waals surface area contributed by atoms with Crippen LogP contribution < -0.4 is 19.5 Å². The highest BCUT2D eigenvalue weighted by atomic mass is 32.2. The predicted molar refractivity (Wildman–Crippen MR) is 104 cm³/mol. The van der Waals surface area contributed by atoms with Crippen LogP contribution in [0.4, 0.5) is 0 Å². The highest BCUT2D eigenvalue weighted by molar-refractivity contribution is 7.99. The molecule has 156 valence electrons. The normalized spacial score (nSPS) is 18.3.